The second-order valence-electron chi connectivity index (χ2n) is 15.7. The van der Waals surface area contributed by atoms with Crippen LogP contribution in [0.2, 0.25) is 0 Å². The Morgan fingerprint density at radius 1 is 0.534 bits per heavy atom. The lowest BCUT2D eigenvalue weighted by Gasteiger charge is -2.19. The van der Waals surface area contributed by atoms with E-state index in [1.54, 1.807) is 0 Å². The summed E-state index contributed by atoms with van der Waals surface area (Å²) in [4.78, 5) is 10.9. The van der Waals surface area contributed by atoms with Gasteiger partial charge in [0, 0.05) is 44.6 Å². The van der Waals surface area contributed by atoms with Gasteiger partial charge in [-0.05, 0) is 83.1 Å². The highest BCUT2D eigenvalue weighted by atomic mass is 16.5. The predicted octanol–water partition coefficient (Wildman–Crippen LogP) is 12.9. The average Bonchev–Trinajstić information content (AvgIpc) is 3.93. The lowest BCUT2D eigenvalue weighted by Crippen LogP contribution is -2.12. The molecule has 0 saturated heterocycles. The van der Waals surface area contributed by atoms with Crippen LogP contribution >= 0.6 is 0 Å². The van der Waals surface area contributed by atoms with Gasteiger partial charge in [-0.2, -0.15) is 0 Å². The van der Waals surface area contributed by atoms with Gasteiger partial charge in [0.05, 0.1) is 22.2 Å². The normalized spacial score (nSPS) is 15.7. The first-order chi connectivity index (χ1) is 28.7. The summed E-state index contributed by atoms with van der Waals surface area (Å²) in [5, 5.41) is 3.70. The molecule has 10 aromatic rings. The molecule has 1 aliphatic heterocycles. The summed E-state index contributed by atoms with van der Waals surface area (Å²) in [5.74, 6) is 1.50. The molecule has 4 heterocycles. The Kier molecular flexibility index (Phi) is 7.33. The minimum atomic E-state index is -0.146. The highest BCUT2D eigenvalue weighted by Crippen LogP contribution is 2.50. The third kappa shape index (κ3) is 4.96. The Hall–Kier alpha value is -7.24. The Balaban J connectivity index is 1.07. The number of hydrogen-bond acceptors (Lipinski definition) is 3. The molecule has 2 aliphatic rings. The average molecular weight is 747 g/mol. The maximum Gasteiger partial charge on any atom is 0.235 e. The molecule has 5 nitrogen and oxygen atoms in total. The van der Waals surface area contributed by atoms with Crippen LogP contribution in [0.1, 0.15) is 41.5 Å². The van der Waals surface area contributed by atoms with Gasteiger partial charge in [0.1, 0.15) is 11.8 Å². The molecule has 0 saturated carbocycles. The smallest absolute Gasteiger partial charge is 0.235 e. The van der Waals surface area contributed by atoms with Crippen molar-refractivity contribution in [2.24, 2.45) is 0 Å². The van der Waals surface area contributed by atoms with Gasteiger partial charge in [-0.25, -0.2) is 9.97 Å². The molecule has 0 amide bonds. The number of nitrogens with zero attached hydrogens (tertiary/aromatic N) is 4. The summed E-state index contributed by atoms with van der Waals surface area (Å²) in [6.07, 6.45) is 1.70. The summed E-state index contributed by atoms with van der Waals surface area (Å²) in [6.45, 7) is 2.23. The third-order valence-electron chi connectivity index (χ3n) is 12.4. The Morgan fingerprint density at radius 2 is 1.17 bits per heavy atom. The fourth-order valence-electron chi connectivity index (χ4n) is 9.68. The second kappa shape index (κ2) is 12.9. The first kappa shape index (κ1) is 33.0. The van der Waals surface area contributed by atoms with Crippen molar-refractivity contribution in [3.63, 3.8) is 0 Å². The van der Waals surface area contributed by atoms with Crippen LogP contribution in [0, 0.1) is 0 Å². The van der Waals surface area contributed by atoms with Crippen molar-refractivity contribution < 1.29 is 4.74 Å². The van der Waals surface area contributed by atoms with E-state index in [4.69, 9.17) is 14.7 Å². The number of rotatable bonds is 5. The van der Waals surface area contributed by atoms with Crippen molar-refractivity contribution in [3.8, 4) is 50.9 Å². The standard InChI is InChI=1S/C53H38N4O/c1-33-49-52(58-51(33)36-18-7-3-8-19-36)50(35-16-5-2-6-17-35)55-53(54-49)57-46-29-27-38(32-43(46)48-40-22-12-11-15-34(40)25-30-47(48)57)37-26-28-45-42(31-37)41-23-13-14-24-44(41)56(45)39-20-9-4-10-21-39/h2-24,26-29,31-33,51H,25,30H2,1H3. The van der Waals surface area contributed by atoms with Crippen molar-refractivity contribution in [3.05, 3.63) is 198 Å². The van der Waals surface area contributed by atoms with E-state index in [9.17, 15) is 0 Å². The molecule has 12 rings (SSSR count). The van der Waals surface area contributed by atoms with Crippen molar-refractivity contribution in [2.75, 3.05) is 0 Å². The predicted molar refractivity (Wildman–Crippen MR) is 235 cm³/mol. The quantitative estimate of drug-likeness (QED) is 0.176. The first-order valence-corrected chi connectivity index (χ1v) is 20.2. The van der Waals surface area contributed by atoms with Crippen LogP contribution in [0.3, 0.4) is 0 Å². The van der Waals surface area contributed by atoms with Crippen LogP contribution in [0.15, 0.2) is 176 Å². The van der Waals surface area contributed by atoms with Gasteiger partial charge in [-0.3, -0.25) is 4.57 Å². The number of benzene rings is 7. The number of ether oxygens (including phenoxy) is 1. The van der Waals surface area contributed by atoms with Crippen LogP contribution in [0.5, 0.6) is 5.75 Å². The van der Waals surface area contributed by atoms with Crippen LogP contribution in [-0.4, -0.2) is 19.1 Å². The molecular formula is C53H38N4O. The lowest BCUT2D eigenvalue weighted by atomic mass is 9.87. The molecule has 0 N–H and O–H groups in total. The maximum absolute atomic E-state index is 6.82. The Bertz CT molecular complexity index is 3220. The van der Waals surface area contributed by atoms with Crippen molar-refractivity contribution in [1.82, 2.24) is 19.1 Å². The van der Waals surface area contributed by atoms with E-state index in [1.165, 1.54) is 60.7 Å². The molecule has 276 valence electrons. The number of hydrogen-bond donors (Lipinski definition) is 0. The highest BCUT2D eigenvalue weighted by molar-refractivity contribution is 6.11. The monoisotopic (exact) mass is 746 g/mol. The summed E-state index contributed by atoms with van der Waals surface area (Å²) in [7, 11) is 0. The van der Waals surface area contributed by atoms with Gasteiger partial charge in [0.15, 0.2) is 5.75 Å². The fourth-order valence-corrected chi connectivity index (χ4v) is 9.68. The van der Waals surface area contributed by atoms with E-state index in [-0.39, 0.29) is 12.0 Å². The SMILES string of the molecule is CC1c2nc(-n3c4c(c5cc(-c6ccc7c(c6)c6ccccc6n7-c6ccccc6)ccc53)-c3ccccc3CC4)nc(-c3ccccc3)c2OC1c1ccccc1. The number of aryl methyl sites for hydroxylation is 1. The van der Waals surface area contributed by atoms with Crippen LogP contribution in [-0.2, 0) is 12.8 Å². The lowest BCUT2D eigenvalue weighted by molar-refractivity contribution is 0.216. The van der Waals surface area contributed by atoms with Gasteiger partial charge in [-0.1, -0.05) is 140 Å². The number of fused-ring (bicyclic) bond motifs is 9. The molecule has 0 fully saturated rings. The zero-order valence-electron chi connectivity index (χ0n) is 32.0. The molecule has 2 atom stereocenters. The second-order valence-corrected chi connectivity index (χ2v) is 15.7. The van der Waals surface area contributed by atoms with Crippen molar-refractivity contribution in [2.45, 2.75) is 31.8 Å². The zero-order chi connectivity index (χ0) is 38.3. The van der Waals surface area contributed by atoms with E-state index in [1.807, 2.05) is 6.07 Å². The van der Waals surface area contributed by atoms with E-state index in [2.05, 4.69) is 186 Å². The molecule has 58 heavy (non-hydrogen) atoms. The fraction of sp³-hybridized carbons (Fsp3) is 0.0943. The summed E-state index contributed by atoms with van der Waals surface area (Å²) >= 11 is 0. The van der Waals surface area contributed by atoms with E-state index < -0.39 is 0 Å². The number of aromatic nitrogens is 4. The molecule has 2 unspecified atom stereocenters. The van der Waals surface area contributed by atoms with Gasteiger partial charge < -0.3 is 9.30 Å². The van der Waals surface area contributed by atoms with Crippen LogP contribution in [0.25, 0.3) is 77.9 Å². The topological polar surface area (TPSA) is 44.9 Å². The molecule has 7 aromatic carbocycles. The summed E-state index contributed by atoms with van der Waals surface area (Å²) in [5.41, 5.74) is 16.2. The van der Waals surface area contributed by atoms with Gasteiger partial charge in [0.25, 0.3) is 0 Å². The summed E-state index contributed by atoms with van der Waals surface area (Å²) < 4.78 is 11.5. The molecule has 3 aromatic heterocycles. The van der Waals surface area contributed by atoms with E-state index in [0.717, 1.165) is 52.3 Å². The Labute approximate surface area is 336 Å². The van der Waals surface area contributed by atoms with E-state index >= 15 is 0 Å². The zero-order valence-corrected chi connectivity index (χ0v) is 32.0. The van der Waals surface area contributed by atoms with Crippen LogP contribution in [0.4, 0.5) is 0 Å². The van der Waals surface area contributed by atoms with Gasteiger partial charge in [-0.15, -0.1) is 0 Å². The van der Waals surface area contributed by atoms with Gasteiger partial charge in [0.2, 0.25) is 5.95 Å². The molecule has 0 spiro atoms. The molecule has 5 heteroatoms. The molecule has 0 bridgehead atoms. The van der Waals surface area contributed by atoms with Gasteiger partial charge >= 0.3 is 0 Å². The number of para-hydroxylation sites is 2. The molecular weight excluding hydrogens is 709 g/mol. The molecule has 1 aliphatic carbocycles. The van der Waals surface area contributed by atoms with Crippen molar-refractivity contribution >= 4 is 32.7 Å². The molecule has 0 radical (unpaired) electrons. The van der Waals surface area contributed by atoms with E-state index in [0.29, 0.717) is 5.95 Å². The third-order valence-corrected chi connectivity index (χ3v) is 12.4. The largest absolute Gasteiger partial charge is 0.481 e. The Morgan fingerprint density at radius 3 is 1.97 bits per heavy atom. The minimum Gasteiger partial charge on any atom is -0.481 e. The van der Waals surface area contributed by atoms with Crippen molar-refractivity contribution in [1.29, 1.82) is 0 Å². The maximum atomic E-state index is 6.82. The minimum absolute atomic E-state index is 0.0364. The van der Waals surface area contributed by atoms with Crippen LogP contribution < -0.4 is 4.74 Å². The summed E-state index contributed by atoms with van der Waals surface area (Å²) in [6, 6.07) is 63.1. The highest BCUT2D eigenvalue weighted by Gasteiger charge is 2.38. The first-order valence-electron chi connectivity index (χ1n) is 20.2.